The summed E-state index contributed by atoms with van der Waals surface area (Å²) in [4.78, 5) is 12.1. The number of benzene rings is 1. The van der Waals surface area contributed by atoms with E-state index in [-0.39, 0.29) is 11.3 Å². The van der Waals surface area contributed by atoms with Crippen LogP contribution in [0, 0.1) is 12.3 Å². The molecule has 1 aliphatic carbocycles. The Labute approximate surface area is 121 Å². The molecule has 1 aromatic carbocycles. The molecule has 1 amide bonds. The fourth-order valence-electron chi connectivity index (χ4n) is 2.07. The first-order valence-electron chi connectivity index (χ1n) is 6.17. The van der Waals surface area contributed by atoms with E-state index in [1.165, 1.54) is 12.8 Å². The summed E-state index contributed by atoms with van der Waals surface area (Å²) in [6, 6.07) is 5.80. The molecule has 1 saturated carbocycles. The Morgan fingerprint density at radius 2 is 2.22 bits per heavy atom. The molecule has 1 aromatic rings. The summed E-state index contributed by atoms with van der Waals surface area (Å²) in [5.74, 6) is 0.663. The van der Waals surface area contributed by atoms with Crippen molar-refractivity contribution >= 4 is 33.4 Å². The van der Waals surface area contributed by atoms with Crippen molar-refractivity contribution < 1.29 is 4.79 Å². The summed E-state index contributed by atoms with van der Waals surface area (Å²) >= 11 is 9.20. The summed E-state index contributed by atoms with van der Waals surface area (Å²) in [7, 11) is 0. The van der Waals surface area contributed by atoms with Gasteiger partial charge in [-0.3, -0.25) is 4.79 Å². The van der Waals surface area contributed by atoms with Gasteiger partial charge in [0.15, 0.2) is 0 Å². The number of carbonyl (C=O) groups is 1. The predicted molar refractivity (Wildman–Crippen MR) is 78.2 cm³/mol. The number of hydrogen-bond donors (Lipinski definition) is 1. The van der Waals surface area contributed by atoms with E-state index in [1.54, 1.807) is 0 Å². The first kappa shape index (κ1) is 13.9. The van der Waals surface area contributed by atoms with E-state index in [2.05, 4.69) is 21.2 Å². The molecule has 2 nitrogen and oxygen atoms in total. The zero-order valence-corrected chi connectivity index (χ0v) is 12.8. The first-order valence-corrected chi connectivity index (χ1v) is 7.49. The van der Waals surface area contributed by atoms with E-state index >= 15 is 0 Å². The summed E-state index contributed by atoms with van der Waals surface area (Å²) in [5, 5.41) is 3.03. The lowest BCUT2D eigenvalue weighted by molar-refractivity contribution is 0.0943. The highest BCUT2D eigenvalue weighted by Gasteiger charge is 2.41. The van der Waals surface area contributed by atoms with E-state index in [0.717, 1.165) is 23.0 Å². The molecule has 1 fully saturated rings. The largest absolute Gasteiger partial charge is 0.351 e. The van der Waals surface area contributed by atoms with Crippen molar-refractivity contribution in [2.75, 3.05) is 12.4 Å². The standard InChI is InChI=1S/C14H17BrClNO/c1-10-2-3-12(15)11(8-10)13(18)17-9-14(4-5-14)6-7-16/h2-3,8H,4-7,9H2,1H3,(H,17,18). The zero-order valence-electron chi connectivity index (χ0n) is 10.4. The van der Waals surface area contributed by atoms with Crippen LogP contribution in [0.5, 0.6) is 0 Å². The van der Waals surface area contributed by atoms with Crippen molar-refractivity contribution in [1.82, 2.24) is 5.32 Å². The highest BCUT2D eigenvalue weighted by Crippen LogP contribution is 2.48. The molecule has 18 heavy (non-hydrogen) atoms. The minimum absolute atomic E-state index is 0.00794. The molecule has 0 saturated heterocycles. The Balaban J connectivity index is 1.98. The fraction of sp³-hybridized carbons (Fsp3) is 0.500. The van der Waals surface area contributed by atoms with Crippen molar-refractivity contribution in [3.63, 3.8) is 0 Å². The number of halogens is 2. The summed E-state index contributed by atoms with van der Waals surface area (Å²) in [6.45, 7) is 2.72. The van der Waals surface area contributed by atoms with E-state index in [4.69, 9.17) is 11.6 Å². The maximum atomic E-state index is 12.1. The number of alkyl halides is 1. The summed E-state index contributed by atoms with van der Waals surface area (Å²) < 4.78 is 0.841. The van der Waals surface area contributed by atoms with E-state index in [9.17, 15) is 4.79 Å². The maximum Gasteiger partial charge on any atom is 0.252 e. The van der Waals surface area contributed by atoms with Gasteiger partial charge in [-0.05, 0) is 59.7 Å². The van der Waals surface area contributed by atoms with Crippen LogP contribution in [-0.4, -0.2) is 18.3 Å². The molecule has 0 spiro atoms. The van der Waals surface area contributed by atoms with Crippen molar-refractivity contribution in [1.29, 1.82) is 0 Å². The number of rotatable bonds is 5. The Bertz CT molecular complexity index is 457. The van der Waals surface area contributed by atoms with Gasteiger partial charge in [-0.25, -0.2) is 0 Å². The smallest absolute Gasteiger partial charge is 0.252 e. The molecule has 1 N–H and O–H groups in total. The van der Waals surface area contributed by atoms with Gasteiger partial charge in [0.1, 0.15) is 0 Å². The van der Waals surface area contributed by atoms with Gasteiger partial charge >= 0.3 is 0 Å². The van der Waals surface area contributed by atoms with Crippen molar-refractivity contribution in [2.45, 2.75) is 26.2 Å². The second-order valence-electron chi connectivity index (χ2n) is 5.10. The van der Waals surface area contributed by atoms with Crippen LogP contribution < -0.4 is 5.32 Å². The average Bonchev–Trinajstić information content (AvgIpc) is 3.10. The SMILES string of the molecule is Cc1ccc(Br)c(C(=O)NCC2(CCCl)CC2)c1. The monoisotopic (exact) mass is 329 g/mol. The Morgan fingerprint density at radius 1 is 1.50 bits per heavy atom. The molecular formula is C14H17BrClNO. The Morgan fingerprint density at radius 3 is 2.83 bits per heavy atom. The Hall–Kier alpha value is -0.540. The van der Waals surface area contributed by atoms with E-state index in [1.807, 2.05) is 25.1 Å². The molecule has 0 aliphatic heterocycles. The maximum absolute atomic E-state index is 12.1. The minimum atomic E-state index is -0.00794. The summed E-state index contributed by atoms with van der Waals surface area (Å²) in [5.41, 5.74) is 2.06. The van der Waals surface area contributed by atoms with Crippen LogP contribution in [0.2, 0.25) is 0 Å². The molecule has 4 heteroatoms. The minimum Gasteiger partial charge on any atom is -0.351 e. The highest BCUT2D eigenvalue weighted by molar-refractivity contribution is 9.10. The average molecular weight is 331 g/mol. The van der Waals surface area contributed by atoms with Crippen LogP contribution in [0.3, 0.4) is 0 Å². The molecule has 0 atom stereocenters. The summed E-state index contributed by atoms with van der Waals surface area (Å²) in [6.07, 6.45) is 3.34. The number of amides is 1. The van der Waals surface area contributed by atoms with Gasteiger partial charge in [-0.1, -0.05) is 11.6 Å². The third-order valence-corrected chi connectivity index (χ3v) is 4.45. The van der Waals surface area contributed by atoms with Gasteiger partial charge in [0.2, 0.25) is 0 Å². The fourth-order valence-corrected chi connectivity index (χ4v) is 2.90. The normalized spacial score (nSPS) is 16.4. The first-order chi connectivity index (χ1) is 8.56. The van der Waals surface area contributed by atoms with Crippen LogP contribution in [-0.2, 0) is 0 Å². The van der Waals surface area contributed by atoms with Crippen molar-refractivity contribution in [3.05, 3.63) is 33.8 Å². The lowest BCUT2D eigenvalue weighted by atomic mass is 10.0. The van der Waals surface area contributed by atoms with Crippen LogP contribution in [0.1, 0.15) is 35.2 Å². The quantitative estimate of drug-likeness (QED) is 0.815. The van der Waals surface area contributed by atoms with Crippen LogP contribution in [0.4, 0.5) is 0 Å². The number of hydrogen-bond acceptors (Lipinski definition) is 1. The van der Waals surface area contributed by atoms with E-state index in [0.29, 0.717) is 11.4 Å². The van der Waals surface area contributed by atoms with Crippen LogP contribution >= 0.6 is 27.5 Å². The van der Waals surface area contributed by atoms with Crippen LogP contribution in [0.15, 0.2) is 22.7 Å². The topological polar surface area (TPSA) is 29.1 Å². The Kier molecular flexibility index (Phi) is 4.33. The number of nitrogens with one attached hydrogen (secondary N) is 1. The highest BCUT2D eigenvalue weighted by atomic mass is 79.9. The lowest BCUT2D eigenvalue weighted by Crippen LogP contribution is -2.30. The van der Waals surface area contributed by atoms with Crippen molar-refractivity contribution in [2.24, 2.45) is 5.41 Å². The third kappa shape index (κ3) is 3.27. The number of aryl methyl sites for hydroxylation is 1. The lowest BCUT2D eigenvalue weighted by Gasteiger charge is -2.15. The molecule has 0 radical (unpaired) electrons. The van der Waals surface area contributed by atoms with E-state index < -0.39 is 0 Å². The predicted octanol–water partition coefficient (Wildman–Crippen LogP) is 3.90. The molecule has 0 unspecified atom stereocenters. The second kappa shape index (κ2) is 5.62. The van der Waals surface area contributed by atoms with Gasteiger partial charge in [-0.15, -0.1) is 11.6 Å². The molecule has 98 valence electrons. The van der Waals surface area contributed by atoms with Gasteiger partial charge < -0.3 is 5.32 Å². The molecule has 0 aromatic heterocycles. The molecule has 0 bridgehead atoms. The molecule has 2 rings (SSSR count). The van der Waals surface area contributed by atoms with Gasteiger partial charge in [-0.2, -0.15) is 0 Å². The molecule has 0 heterocycles. The molecular weight excluding hydrogens is 314 g/mol. The number of carbonyl (C=O) groups excluding carboxylic acids is 1. The molecule has 1 aliphatic rings. The van der Waals surface area contributed by atoms with Gasteiger partial charge in [0.25, 0.3) is 5.91 Å². The third-order valence-electron chi connectivity index (χ3n) is 3.57. The second-order valence-corrected chi connectivity index (χ2v) is 6.34. The van der Waals surface area contributed by atoms with Gasteiger partial charge in [0.05, 0.1) is 5.56 Å². The van der Waals surface area contributed by atoms with Crippen molar-refractivity contribution in [3.8, 4) is 0 Å². The zero-order chi connectivity index (χ0) is 13.2. The van der Waals surface area contributed by atoms with Gasteiger partial charge in [0, 0.05) is 16.9 Å². The van der Waals surface area contributed by atoms with Crippen LogP contribution in [0.25, 0.3) is 0 Å².